The average Bonchev–Trinajstić information content (AvgIpc) is 3.58. The van der Waals surface area contributed by atoms with E-state index in [1.807, 2.05) is 32.1 Å². The zero-order valence-electron chi connectivity index (χ0n) is 24.9. The Morgan fingerprint density at radius 3 is 2.51 bits per heavy atom. The van der Waals surface area contributed by atoms with E-state index in [1.165, 1.54) is 14.0 Å². The Balaban J connectivity index is 1.76. The molecule has 1 aromatic rings. The molecule has 1 unspecified atom stereocenters. The fourth-order valence-corrected chi connectivity index (χ4v) is 6.67. The third-order valence-corrected chi connectivity index (χ3v) is 8.82. The molecule has 6 atom stereocenters. The first kappa shape index (κ1) is 30.3. The maximum atomic E-state index is 13.8. The lowest BCUT2D eigenvalue weighted by atomic mass is 9.66. The number of esters is 3. The van der Waals surface area contributed by atoms with Gasteiger partial charge in [-0.05, 0) is 87.8 Å². The van der Waals surface area contributed by atoms with Gasteiger partial charge in [0.05, 0.1) is 37.9 Å². The molecule has 0 fully saturated rings. The molecule has 0 radical (unpaired) electrons. The van der Waals surface area contributed by atoms with Crippen molar-refractivity contribution in [3.05, 3.63) is 70.8 Å². The van der Waals surface area contributed by atoms with Gasteiger partial charge in [-0.1, -0.05) is 23.8 Å². The number of hydrogen-bond donors (Lipinski definition) is 0. The first-order chi connectivity index (χ1) is 19.4. The summed E-state index contributed by atoms with van der Waals surface area (Å²) in [4.78, 5) is 51.6. The van der Waals surface area contributed by atoms with Gasteiger partial charge in [-0.3, -0.25) is 19.2 Å². The molecule has 3 aliphatic rings. The Bertz CT molecular complexity index is 1320. The van der Waals surface area contributed by atoms with Gasteiger partial charge in [0.2, 0.25) is 0 Å². The number of fused-ring (bicyclic) bond motifs is 1. The molecule has 1 aromatic heterocycles. The van der Waals surface area contributed by atoms with E-state index in [9.17, 15) is 19.2 Å². The number of cyclic esters (lactones) is 1. The van der Waals surface area contributed by atoms with Gasteiger partial charge in [0, 0.05) is 18.8 Å². The number of Topliss-reactive ketones (excluding diaryl/α,β-unsaturated/α-hetero) is 1. The van der Waals surface area contributed by atoms with Crippen LogP contribution < -0.4 is 0 Å². The fraction of sp³-hybridized carbons (Fsp3) is 0.515. The summed E-state index contributed by atoms with van der Waals surface area (Å²) >= 11 is 0. The highest BCUT2D eigenvalue weighted by Crippen LogP contribution is 2.53. The predicted molar refractivity (Wildman–Crippen MR) is 151 cm³/mol. The van der Waals surface area contributed by atoms with Crippen LogP contribution in [0.4, 0.5) is 0 Å². The molecule has 4 rings (SSSR count). The molecular formula is C33H40O8. The van der Waals surface area contributed by atoms with E-state index in [-0.39, 0.29) is 35.9 Å². The summed E-state index contributed by atoms with van der Waals surface area (Å²) in [7, 11) is 1.34. The SMILES string of the molecule is C/C=C(\C)C(=O)[C@@H]1C2C(=CC[C@H]2c2ccoc2)C(C[C@H]2C=C(C)[C@@H](CC(=O)OC)C(C)(C)OC2=O)=C[C@H]1OC(C)=O. The van der Waals surface area contributed by atoms with E-state index in [1.54, 1.807) is 39.4 Å². The summed E-state index contributed by atoms with van der Waals surface area (Å²) in [5, 5.41) is 0. The van der Waals surface area contributed by atoms with Crippen molar-refractivity contribution in [1.82, 2.24) is 0 Å². The van der Waals surface area contributed by atoms with E-state index in [2.05, 4.69) is 6.08 Å². The van der Waals surface area contributed by atoms with Crippen molar-refractivity contribution in [2.24, 2.45) is 23.7 Å². The van der Waals surface area contributed by atoms with Crippen LogP contribution >= 0.6 is 0 Å². The first-order valence-electron chi connectivity index (χ1n) is 14.1. The number of rotatable bonds is 8. The molecule has 0 N–H and O–H groups in total. The first-order valence-corrected chi connectivity index (χ1v) is 14.1. The van der Waals surface area contributed by atoms with Crippen LogP contribution in [0.2, 0.25) is 0 Å². The van der Waals surface area contributed by atoms with Gasteiger partial charge < -0.3 is 18.6 Å². The summed E-state index contributed by atoms with van der Waals surface area (Å²) in [5.74, 6) is -3.22. The second kappa shape index (κ2) is 12.0. The molecule has 0 saturated carbocycles. The van der Waals surface area contributed by atoms with Crippen molar-refractivity contribution in [2.45, 2.75) is 78.4 Å². The molecule has 0 saturated heterocycles. The number of methoxy groups -OCH3 is 1. The monoisotopic (exact) mass is 564 g/mol. The highest BCUT2D eigenvalue weighted by molar-refractivity contribution is 5.98. The summed E-state index contributed by atoms with van der Waals surface area (Å²) in [6.07, 6.45) is 11.2. The standard InChI is InChI=1S/C33H40O8/c1-8-18(2)31(36)30-27(40-20(4)34)15-22(25-10-9-24(29(25)30)21-11-12-39-17-21)14-23-13-19(3)26(16-28(35)38-7)33(5,6)41-32(23)37/h8,10-13,15,17,23-24,26-27,29-30H,9,14,16H2,1-7H3/b18-8+/t23-,24+,26-,27-,29?,30+/m1/s1. The number of carbonyl (C=O) groups excluding carboxylic acids is 4. The smallest absolute Gasteiger partial charge is 0.313 e. The second-order valence-corrected chi connectivity index (χ2v) is 11.8. The highest BCUT2D eigenvalue weighted by Gasteiger charge is 2.49. The number of ether oxygens (including phenoxy) is 3. The van der Waals surface area contributed by atoms with Crippen LogP contribution in [-0.4, -0.2) is 42.5 Å². The van der Waals surface area contributed by atoms with Crippen LogP contribution in [0, 0.1) is 23.7 Å². The van der Waals surface area contributed by atoms with Crippen LogP contribution in [0.5, 0.6) is 0 Å². The lowest BCUT2D eigenvalue weighted by molar-refractivity contribution is -0.165. The largest absolute Gasteiger partial charge is 0.472 e. The lowest BCUT2D eigenvalue weighted by Gasteiger charge is -2.39. The summed E-state index contributed by atoms with van der Waals surface area (Å²) in [6, 6.07) is 1.91. The molecule has 8 nitrogen and oxygen atoms in total. The molecule has 220 valence electrons. The Morgan fingerprint density at radius 1 is 1.17 bits per heavy atom. The van der Waals surface area contributed by atoms with E-state index in [0.29, 0.717) is 18.4 Å². The zero-order valence-corrected chi connectivity index (χ0v) is 24.9. The number of allylic oxidation sites excluding steroid dienone is 5. The normalized spacial score (nSPS) is 29.3. The van der Waals surface area contributed by atoms with Crippen molar-refractivity contribution >= 4 is 23.7 Å². The number of ketones is 1. The molecule has 41 heavy (non-hydrogen) atoms. The predicted octanol–water partition coefficient (Wildman–Crippen LogP) is 5.80. The van der Waals surface area contributed by atoms with E-state index < -0.39 is 35.5 Å². The molecule has 0 bridgehead atoms. The van der Waals surface area contributed by atoms with Gasteiger partial charge >= 0.3 is 17.9 Å². The van der Waals surface area contributed by atoms with Crippen LogP contribution in [0.3, 0.4) is 0 Å². The Hall–Kier alpha value is -3.68. The second-order valence-electron chi connectivity index (χ2n) is 11.8. The maximum Gasteiger partial charge on any atom is 0.313 e. The third-order valence-electron chi connectivity index (χ3n) is 8.82. The van der Waals surface area contributed by atoms with Gasteiger partial charge in [-0.15, -0.1) is 0 Å². The summed E-state index contributed by atoms with van der Waals surface area (Å²) in [6.45, 7) is 10.4. The van der Waals surface area contributed by atoms with Gasteiger partial charge in [-0.25, -0.2) is 0 Å². The van der Waals surface area contributed by atoms with Gasteiger partial charge in [0.1, 0.15) is 11.7 Å². The van der Waals surface area contributed by atoms with Crippen molar-refractivity contribution in [1.29, 1.82) is 0 Å². The fourth-order valence-electron chi connectivity index (χ4n) is 6.67. The Labute approximate surface area is 241 Å². The van der Waals surface area contributed by atoms with Crippen molar-refractivity contribution in [3.63, 3.8) is 0 Å². The van der Waals surface area contributed by atoms with Crippen LogP contribution in [0.1, 0.15) is 72.3 Å². The van der Waals surface area contributed by atoms with Gasteiger partial charge in [0.15, 0.2) is 5.78 Å². The summed E-state index contributed by atoms with van der Waals surface area (Å²) in [5.41, 5.74) is 3.36. The number of carbonyl (C=O) groups is 4. The molecule has 1 aliphatic heterocycles. The molecular weight excluding hydrogens is 524 g/mol. The molecule has 0 amide bonds. The van der Waals surface area contributed by atoms with Gasteiger partial charge in [0.25, 0.3) is 0 Å². The highest BCUT2D eigenvalue weighted by atomic mass is 16.6. The number of hydrogen-bond acceptors (Lipinski definition) is 8. The van der Waals surface area contributed by atoms with Crippen LogP contribution in [0.15, 0.2) is 69.6 Å². The summed E-state index contributed by atoms with van der Waals surface area (Å²) < 4.78 is 22.0. The molecule has 2 aliphatic carbocycles. The lowest BCUT2D eigenvalue weighted by Crippen LogP contribution is -2.42. The zero-order chi connectivity index (χ0) is 30.1. The van der Waals surface area contributed by atoms with E-state index in [0.717, 1.165) is 22.3 Å². The maximum absolute atomic E-state index is 13.8. The third kappa shape index (κ3) is 6.16. The van der Waals surface area contributed by atoms with E-state index in [4.69, 9.17) is 18.6 Å². The Morgan fingerprint density at radius 2 is 1.90 bits per heavy atom. The Kier molecular flexibility index (Phi) is 8.90. The topological polar surface area (TPSA) is 109 Å². The molecule has 0 aromatic carbocycles. The quantitative estimate of drug-likeness (QED) is 0.169. The van der Waals surface area contributed by atoms with Crippen molar-refractivity contribution < 1.29 is 37.8 Å². The number of furan rings is 1. The van der Waals surface area contributed by atoms with Crippen LogP contribution in [-0.2, 0) is 33.4 Å². The minimum atomic E-state index is -0.912. The molecule has 0 spiro atoms. The minimum absolute atomic E-state index is 0.0501. The van der Waals surface area contributed by atoms with Crippen molar-refractivity contribution in [2.75, 3.05) is 7.11 Å². The molecule has 8 heteroatoms. The van der Waals surface area contributed by atoms with Crippen LogP contribution in [0.25, 0.3) is 0 Å². The van der Waals surface area contributed by atoms with Gasteiger partial charge in [-0.2, -0.15) is 0 Å². The van der Waals surface area contributed by atoms with Crippen molar-refractivity contribution in [3.8, 4) is 0 Å². The minimum Gasteiger partial charge on any atom is -0.472 e. The molecule has 2 heterocycles. The van der Waals surface area contributed by atoms with E-state index >= 15 is 0 Å². The average molecular weight is 565 g/mol.